The van der Waals surface area contributed by atoms with E-state index in [1.807, 2.05) is 0 Å². The number of oxazole rings is 1. The molecule has 0 aliphatic heterocycles. The number of benzene rings is 2. The molecule has 3 aromatic rings. The number of hydrogen-bond donors (Lipinski definition) is 0. The van der Waals surface area contributed by atoms with Gasteiger partial charge in [-0.3, -0.25) is 0 Å². The highest BCUT2D eigenvalue weighted by Crippen LogP contribution is 2.31. The summed E-state index contributed by atoms with van der Waals surface area (Å²) in [7, 11) is 0. The highest BCUT2D eigenvalue weighted by Gasteiger charge is 2.12. The quantitative estimate of drug-likeness (QED) is 0.662. The summed E-state index contributed by atoms with van der Waals surface area (Å²) in [6, 6.07) is 16.6. The van der Waals surface area contributed by atoms with E-state index >= 15 is 0 Å². The Labute approximate surface area is 112 Å². The van der Waals surface area contributed by atoms with E-state index < -0.39 is 0 Å². The maximum atomic E-state index is 5.56. The Hall–Kier alpha value is -2.35. The largest absolute Gasteiger partial charge is 0.443 e. The third-order valence-electron chi connectivity index (χ3n) is 3.21. The lowest BCUT2D eigenvalue weighted by molar-refractivity contribution is 0.572. The molecule has 0 aliphatic rings. The number of hydrogen-bond acceptors (Lipinski definition) is 2. The summed E-state index contributed by atoms with van der Waals surface area (Å²) in [4.78, 5) is 4.35. The molecule has 0 atom stereocenters. The first-order chi connectivity index (χ1) is 9.24. The average molecular weight is 249 g/mol. The molecule has 0 fully saturated rings. The van der Waals surface area contributed by atoms with Crippen molar-refractivity contribution in [1.29, 1.82) is 0 Å². The Morgan fingerprint density at radius 1 is 0.737 bits per heavy atom. The Morgan fingerprint density at radius 3 is 1.84 bits per heavy atom. The van der Waals surface area contributed by atoms with Crippen LogP contribution in [0.15, 0.2) is 59.3 Å². The van der Waals surface area contributed by atoms with Gasteiger partial charge >= 0.3 is 0 Å². The lowest BCUT2D eigenvalue weighted by Gasteiger charge is -2.03. The first-order valence-corrected chi connectivity index (χ1v) is 6.31. The monoisotopic (exact) mass is 249 g/mol. The predicted molar refractivity (Wildman–Crippen MR) is 76.8 cm³/mol. The fraction of sp³-hybridized carbons (Fsp3) is 0.118. The van der Waals surface area contributed by atoms with Crippen LogP contribution in [0.25, 0.3) is 22.6 Å². The highest BCUT2D eigenvalue weighted by molar-refractivity contribution is 5.76. The maximum Gasteiger partial charge on any atom is 0.182 e. The van der Waals surface area contributed by atoms with E-state index in [0.717, 1.165) is 22.6 Å². The topological polar surface area (TPSA) is 26.0 Å². The van der Waals surface area contributed by atoms with Gasteiger partial charge in [-0.05, 0) is 13.8 Å². The Kier molecular flexibility index (Phi) is 2.92. The van der Waals surface area contributed by atoms with Crippen molar-refractivity contribution >= 4 is 0 Å². The zero-order chi connectivity index (χ0) is 13.2. The van der Waals surface area contributed by atoms with Gasteiger partial charge in [-0.15, -0.1) is 0 Å². The zero-order valence-electron chi connectivity index (χ0n) is 11.1. The second-order valence-electron chi connectivity index (χ2n) is 4.76. The molecule has 1 aromatic heterocycles. The third kappa shape index (κ3) is 2.29. The number of aromatic nitrogens is 1. The molecule has 0 radical (unpaired) electrons. The second-order valence-corrected chi connectivity index (χ2v) is 4.76. The standard InChI is InChI=1S/C17H15NO/c1-12-3-7-14(8-4-12)16-17(19-11-18-16)15-9-5-13(2)6-10-15/h3-11H,1-2H3. The van der Waals surface area contributed by atoms with E-state index in [-0.39, 0.29) is 0 Å². The van der Waals surface area contributed by atoms with E-state index in [1.54, 1.807) is 0 Å². The molecular formula is C17H15NO. The lowest BCUT2D eigenvalue weighted by atomic mass is 10.0. The van der Waals surface area contributed by atoms with Crippen molar-refractivity contribution in [2.24, 2.45) is 0 Å². The van der Waals surface area contributed by atoms with Crippen molar-refractivity contribution in [1.82, 2.24) is 4.98 Å². The molecule has 1 heterocycles. The zero-order valence-corrected chi connectivity index (χ0v) is 11.1. The number of rotatable bonds is 2. The van der Waals surface area contributed by atoms with Crippen LogP contribution in [0.4, 0.5) is 0 Å². The van der Waals surface area contributed by atoms with Gasteiger partial charge in [0, 0.05) is 11.1 Å². The van der Waals surface area contributed by atoms with Gasteiger partial charge in [0.25, 0.3) is 0 Å². The molecule has 0 spiro atoms. The molecule has 2 heteroatoms. The normalized spacial score (nSPS) is 10.6. The van der Waals surface area contributed by atoms with E-state index in [9.17, 15) is 0 Å². The minimum Gasteiger partial charge on any atom is -0.443 e. The summed E-state index contributed by atoms with van der Waals surface area (Å²) in [5.74, 6) is 0.823. The summed E-state index contributed by atoms with van der Waals surface area (Å²) in [5, 5.41) is 0. The van der Waals surface area contributed by atoms with Crippen molar-refractivity contribution in [3.05, 3.63) is 66.1 Å². The van der Waals surface area contributed by atoms with Gasteiger partial charge < -0.3 is 4.42 Å². The van der Waals surface area contributed by atoms with Crippen LogP contribution < -0.4 is 0 Å². The summed E-state index contributed by atoms with van der Waals surface area (Å²) in [6.45, 7) is 4.15. The van der Waals surface area contributed by atoms with Crippen molar-refractivity contribution in [2.45, 2.75) is 13.8 Å². The minimum atomic E-state index is 0.823. The summed E-state index contributed by atoms with van der Waals surface area (Å²) in [5.41, 5.74) is 5.50. The summed E-state index contributed by atoms with van der Waals surface area (Å²) < 4.78 is 5.56. The molecular weight excluding hydrogens is 234 g/mol. The van der Waals surface area contributed by atoms with Crippen LogP contribution in [0.1, 0.15) is 11.1 Å². The van der Waals surface area contributed by atoms with Crippen molar-refractivity contribution < 1.29 is 4.42 Å². The predicted octanol–water partition coefficient (Wildman–Crippen LogP) is 4.63. The van der Waals surface area contributed by atoms with Gasteiger partial charge in [-0.2, -0.15) is 0 Å². The van der Waals surface area contributed by atoms with Crippen LogP contribution in [-0.4, -0.2) is 4.98 Å². The van der Waals surface area contributed by atoms with Crippen LogP contribution in [0.3, 0.4) is 0 Å². The van der Waals surface area contributed by atoms with E-state index in [1.165, 1.54) is 17.5 Å². The highest BCUT2D eigenvalue weighted by atomic mass is 16.3. The summed E-state index contributed by atoms with van der Waals surface area (Å²) in [6.07, 6.45) is 1.50. The molecule has 0 N–H and O–H groups in total. The van der Waals surface area contributed by atoms with Gasteiger partial charge in [0.1, 0.15) is 5.69 Å². The van der Waals surface area contributed by atoms with E-state index in [2.05, 4.69) is 67.4 Å². The van der Waals surface area contributed by atoms with Crippen LogP contribution >= 0.6 is 0 Å². The van der Waals surface area contributed by atoms with Crippen LogP contribution in [0, 0.1) is 13.8 Å². The van der Waals surface area contributed by atoms with Crippen LogP contribution in [0.5, 0.6) is 0 Å². The van der Waals surface area contributed by atoms with Crippen LogP contribution in [0.2, 0.25) is 0 Å². The van der Waals surface area contributed by atoms with Gasteiger partial charge in [0.05, 0.1) is 0 Å². The van der Waals surface area contributed by atoms with Crippen molar-refractivity contribution in [3.8, 4) is 22.6 Å². The molecule has 3 rings (SSSR count). The second kappa shape index (κ2) is 4.73. The number of nitrogens with zero attached hydrogens (tertiary/aromatic N) is 1. The first kappa shape index (κ1) is 11.7. The van der Waals surface area contributed by atoms with Gasteiger partial charge in [0.15, 0.2) is 12.2 Å². The number of aryl methyl sites for hydroxylation is 2. The van der Waals surface area contributed by atoms with Gasteiger partial charge in [-0.1, -0.05) is 59.7 Å². The molecule has 2 nitrogen and oxygen atoms in total. The molecule has 0 bridgehead atoms. The Bertz CT molecular complexity index is 618. The molecule has 19 heavy (non-hydrogen) atoms. The molecule has 94 valence electrons. The Morgan fingerprint density at radius 2 is 1.26 bits per heavy atom. The third-order valence-corrected chi connectivity index (χ3v) is 3.21. The maximum absolute atomic E-state index is 5.56. The van der Waals surface area contributed by atoms with Crippen molar-refractivity contribution in [3.63, 3.8) is 0 Å². The fourth-order valence-corrected chi connectivity index (χ4v) is 2.07. The van der Waals surface area contributed by atoms with E-state index in [0.29, 0.717) is 0 Å². The molecule has 2 aromatic carbocycles. The van der Waals surface area contributed by atoms with Crippen LogP contribution in [-0.2, 0) is 0 Å². The Balaban J connectivity index is 2.07. The smallest absolute Gasteiger partial charge is 0.182 e. The SMILES string of the molecule is Cc1ccc(-c2ncoc2-c2ccc(C)cc2)cc1. The van der Waals surface area contributed by atoms with Crippen molar-refractivity contribution in [2.75, 3.05) is 0 Å². The summed E-state index contributed by atoms with van der Waals surface area (Å²) >= 11 is 0. The first-order valence-electron chi connectivity index (χ1n) is 6.31. The fourth-order valence-electron chi connectivity index (χ4n) is 2.07. The van der Waals surface area contributed by atoms with Gasteiger partial charge in [-0.25, -0.2) is 4.98 Å². The van der Waals surface area contributed by atoms with Gasteiger partial charge in [0.2, 0.25) is 0 Å². The lowest BCUT2D eigenvalue weighted by Crippen LogP contribution is -1.83. The van der Waals surface area contributed by atoms with E-state index in [4.69, 9.17) is 4.42 Å². The molecule has 0 unspecified atom stereocenters. The molecule has 0 aliphatic carbocycles. The molecule has 0 saturated carbocycles. The molecule has 0 amide bonds. The average Bonchev–Trinajstić information content (AvgIpc) is 2.90. The molecule has 0 saturated heterocycles. The minimum absolute atomic E-state index is 0.823.